The highest BCUT2D eigenvalue weighted by Crippen LogP contribution is 2.34. The van der Waals surface area contributed by atoms with Crippen molar-refractivity contribution in [2.75, 3.05) is 26.3 Å². The Balaban J connectivity index is 0.00000300. The molecule has 0 spiro atoms. The van der Waals surface area contributed by atoms with Gasteiger partial charge >= 0.3 is 0 Å². The Labute approximate surface area is 193 Å². The zero-order valence-corrected chi connectivity index (χ0v) is 20.4. The van der Waals surface area contributed by atoms with Crippen LogP contribution in [0.4, 0.5) is 4.39 Å². The number of hydrogen-bond acceptors (Lipinski definition) is 4. The van der Waals surface area contributed by atoms with E-state index in [0.717, 1.165) is 48.2 Å². The number of benzene rings is 1. The second-order valence-electron chi connectivity index (χ2n) is 7.19. The van der Waals surface area contributed by atoms with Gasteiger partial charge in [0.05, 0.1) is 17.2 Å². The van der Waals surface area contributed by atoms with E-state index in [9.17, 15) is 4.39 Å². The summed E-state index contributed by atoms with van der Waals surface area (Å²) >= 11 is 1.69. The molecule has 1 saturated heterocycles. The van der Waals surface area contributed by atoms with Crippen LogP contribution in [0.3, 0.4) is 0 Å². The summed E-state index contributed by atoms with van der Waals surface area (Å²) in [7, 11) is 0. The highest BCUT2D eigenvalue weighted by atomic mass is 127. The summed E-state index contributed by atoms with van der Waals surface area (Å²) in [6.45, 7) is 9.67. The number of aryl methyl sites for hydroxylation is 2. The minimum Gasteiger partial charge on any atom is -0.381 e. The molecule has 2 N–H and O–H groups in total. The summed E-state index contributed by atoms with van der Waals surface area (Å²) in [5.41, 5.74) is 2.11. The second kappa shape index (κ2) is 11.2. The van der Waals surface area contributed by atoms with Crippen LogP contribution in [0.1, 0.15) is 40.9 Å². The Kier molecular flexibility index (Phi) is 9.29. The molecule has 1 fully saturated rings. The van der Waals surface area contributed by atoms with Crippen LogP contribution < -0.4 is 10.6 Å². The Morgan fingerprint density at radius 1 is 1.21 bits per heavy atom. The average molecular weight is 532 g/mol. The van der Waals surface area contributed by atoms with Gasteiger partial charge in [0.25, 0.3) is 0 Å². The normalized spacial score (nSPS) is 16.2. The van der Waals surface area contributed by atoms with E-state index in [1.54, 1.807) is 23.5 Å². The minimum absolute atomic E-state index is 0. The van der Waals surface area contributed by atoms with Crippen molar-refractivity contribution in [2.24, 2.45) is 4.99 Å². The molecular weight excluding hydrogens is 502 g/mol. The summed E-state index contributed by atoms with van der Waals surface area (Å²) in [6.07, 6.45) is 1.80. The van der Waals surface area contributed by atoms with Crippen LogP contribution in [-0.2, 0) is 16.7 Å². The van der Waals surface area contributed by atoms with Crippen molar-refractivity contribution in [1.29, 1.82) is 0 Å². The van der Waals surface area contributed by atoms with Gasteiger partial charge in [0, 0.05) is 36.6 Å². The maximum atomic E-state index is 13.4. The predicted molar refractivity (Wildman–Crippen MR) is 128 cm³/mol. The fraction of sp³-hybridized carbons (Fsp3) is 0.524. The zero-order valence-electron chi connectivity index (χ0n) is 17.3. The number of halogens is 2. The van der Waals surface area contributed by atoms with Crippen LogP contribution in [0.2, 0.25) is 0 Å². The zero-order chi connectivity index (χ0) is 20.0. The average Bonchev–Trinajstić information content (AvgIpc) is 3.02. The number of rotatable bonds is 6. The fourth-order valence-electron chi connectivity index (χ4n) is 3.60. The lowest BCUT2D eigenvalue weighted by atomic mass is 9.74. The molecule has 3 rings (SSSR count). The van der Waals surface area contributed by atoms with Crippen LogP contribution in [0.5, 0.6) is 0 Å². The first kappa shape index (κ1) is 24.0. The smallest absolute Gasteiger partial charge is 0.191 e. The molecule has 8 heteroatoms. The van der Waals surface area contributed by atoms with Crippen molar-refractivity contribution < 1.29 is 9.13 Å². The van der Waals surface area contributed by atoms with Crippen molar-refractivity contribution in [3.63, 3.8) is 0 Å². The topological polar surface area (TPSA) is 58.5 Å². The number of nitrogens with one attached hydrogen (secondary N) is 2. The Bertz CT molecular complexity index is 804. The van der Waals surface area contributed by atoms with Gasteiger partial charge in [-0.2, -0.15) is 0 Å². The maximum Gasteiger partial charge on any atom is 0.191 e. The van der Waals surface area contributed by atoms with Gasteiger partial charge in [0.15, 0.2) is 5.96 Å². The van der Waals surface area contributed by atoms with Crippen LogP contribution in [0, 0.1) is 19.7 Å². The second-order valence-corrected chi connectivity index (χ2v) is 8.48. The number of hydrogen-bond donors (Lipinski definition) is 2. The van der Waals surface area contributed by atoms with Crippen LogP contribution in [0.25, 0.3) is 0 Å². The summed E-state index contributed by atoms with van der Waals surface area (Å²) in [5, 5.41) is 7.91. The highest BCUT2D eigenvalue weighted by molar-refractivity contribution is 14.0. The molecule has 2 heterocycles. The summed E-state index contributed by atoms with van der Waals surface area (Å²) in [5.74, 6) is 0.588. The number of nitrogens with zero attached hydrogens (tertiary/aromatic N) is 2. The minimum atomic E-state index is -0.205. The lowest BCUT2D eigenvalue weighted by Crippen LogP contribution is -2.48. The van der Waals surface area contributed by atoms with E-state index >= 15 is 0 Å². The quantitative estimate of drug-likeness (QED) is 0.331. The molecule has 1 aliphatic heterocycles. The molecule has 0 amide bonds. The number of thiazole rings is 1. The monoisotopic (exact) mass is 532 g/mol. The molecule has 0 bridgehead atoms. The van der Waals surface area contributed by atoms with E-state index in [-0.39, 0.29) is 35.2 Å². The SMILES string of the molecule is CCNC(=NCc1sc(C)nc1C)NCC1(c2ccc(F)cc2)CCOCC1.I. The first-order chi connectivity index (χ1) is 13.5. The van der Waals surface area contributed by atoms with Gasteiger partial charge in [-0.15, -0.1) is 35.3 Å². The van der Waals surface area contributed by atoms with Crippen molar-refractivity contribution in [3.05, 3.63) is 51.2 Å². The van der Waals surface area contributed by atoms with Crippen molar-refractivity contribution in [3.8, 4) is 0 Å². The Morgan fingerprint density at radius 2 is 1.90 bits per heavy atom. The van der Waals surface area contributed by atoms with Gasteiger partial charge in [-0.3, -0.25) is 0 Å². The first-order valence-electron chi connectivity index (χ1n) is 9.81. The van der Waals surface area contributed by atoms with Crippen LogP contribution >= 0.6 is 35.3 Å². The Hall–Kier alpha value is -1.26. The molecule has 0 unspecified atom stereocenters. The standard InChI is InChI=1S/C21H29FN4OS.HI/c1-4-23-20(24-13-19-15(2)26-16(3)28-19)25-14-21(9-11-27-12-10-21)17-5-7-18(22)8-6-17;/h5-8H,4,9-14H2,1-3H3,(H2,23,24,25);1H. The molecule has 0 aliphatic carbocycles. The van der Waals surface area contributed by atoms with E-state index in [0.29, 0.717) is 19.8 Å². The number of aliphatic imine (C=N–C) groups is 1. The summed E-state index contributed by atoms with van der Waals surface area (Å²) < 4.78 is 19.0. The van der Waals surface area contributed by atoms with E-state index in [2.05, 4.69) is 22.5 Å². The molecule has 1 aliphatic rings. The van der Waals surface area contributed by atoms with E-state index in [1.807, 2.05) is 26.0 Å². The van der Waals surface area contributed by atoms with Crippen molar-refractivity contribution >= 4 is 41.3 Å². The number of ether oxygens (including phenoxy) is 1. The van der Waals surface area contributed by atoms with Gasteiger partial charge < -0.3 is 15.4 Å². The molecule has 160 valence electrons. The molecule has 5 nitrogen and oxygen atoms in total. The van der Waals surface area contributed by atoms with E-state index in [4.69, 9.17) is 9.73 Å². The van der Waals surface area contributed by atoms with Gasteiger partial charge in [-0.25, -0.2) is 14.4 Å². The third kappa shape index (κ3) is 6.36. The molecule has 0 atom stereocenters. The van der Waals surface area contributed by atoms with E-state index < -0.39 is 0 Å². The summed E-state index contributed by atoms with van der Waals surface area (Å²) in [6, 6.07) is 6.88. The third-order valence-corrected chi connectivity index (χ3v) is 6.28. The molecule has 0 radical (unpaired) electrons. The predicted octanol–water partition coefficient (Wildman–Crippen LogP) is 4.32. The van der Waals surface area contributed by atoms with Gasteiger partial charge in [-0.05, 0) is 51.3 Å². The molecular formula is C21H30FIN4OS. The maximum absolute atomic E-state index is 13.4. The molecule has 2 aromatic rings. The van der Waals surface area contributed by atoms with Gasteiger partial charge in [-0.1, -0.05) is 12.1 Å². The molecule has 29 heavy (non-hydrogen) atoms. The first-order valence-corrected chi connectivity index (χ1v) is 10.6. The molecule has 1 aromatic carbocycles. The molecule has 0 saturated carbocycles. The number of aromatic nitrogens is 1. The molecule has 1 aromatic heterocycles. The van der Waals surface area contributed by atoms with Gasteiger partial charge in [0.1, 0.15) is 5.82 Å². The lowest BCUT2D eigenvalue weighted by Gasteiger charge is -2.38. The van der Waals surface area contributed by atoms with Crippen LogP contribution in [-0.4, -0.2) is 37.2 Å². The largest absolute Gasteiger partial charge is 0.381 e. The third-order valence-electron chi connectivity index (χ3n) is 5.23. The van der Waals surface area contributed by atoms with E-state index in [1.165, 1.54) is 4.88 Å². The lowest BCUT2D eigenvalue weighted by molar-refractivity contribution is 0.0513. The van der Waals surface area contributed by atoms with Crippen molar-refractivity contribution in [2.45, 2.75) is 45.6 Å². The summed E-state index contributed by atoms with van der Waals surface area (Å²) in [4.78, 5) is 10.4. The fourth-order valence-corrected chi connectivity index (χ4v) is 4.46. The van der Waals surface area contributed by atoms with Crippen molar-refractivity contribution in [1.82, 2.24) is 15.6 Å². The van der Waals surface area contributed by atoms with Crippen LogP contribution in [0.15, 0.2) is 29.3 Å². The highest BCUT2D eigenvalue weighted by Gasteiger charge is 2.34. The Morgan fingerprint density at radius 3 is 2.48 bits per heavy atom. The number of guanidine groups is 1. The van der Waals surface area contributed by atoms with Gasteiger partial charge in [0.2, 0.25) is 0 Å².